The van der Waals surface area contributed by atoms with E-state index in [1.54, 1.807) is 17.6 Å². The highest BCUT2D eigenvalue weighted by molar-refractivity contribution is 5.93. The first-order valence-corrected chi connectivity index (χ1v) is 10.8. The third kappa shape index (κ3) is 4.48. The van der Waals surface area contributed by atoms with Crippen molar-refractivity contribution in [2.75, 3.05) is 13.1 Å². The lowest BCUT2D eigenvalue weighted by atomic mass is 9.89. The molecule has 5 heteroatoms. The lowest BCUT2D eigenvalue weighted by Gasteiger charge is -2.30. The van der Waals surface area contributed by atoms with E-state index in [1.807, 2.05) is 36.4 Å². The normalized spacial score (nSPS) is 16.4. The summed E-state index contributed by atoms with van der Waals surface area (Å²) in [5, 5.41) is 22.4. The van der Waals surface area contributed by atoms with Crippen LogP contribution in [0.3, 0.4) is 0 Å². The summed E-state index contributed by atoms with van der Waals surface area (Å²) in [5.74, 6) is -0.639. The van der Waals surface area contributed by atoms with Gasteiger partial charge in [0.15, 0.2) is 0 Å². The van der Waals surface area contributed by atoms with Crippen molar-refractivity contribution < 1.29 is 15.1 Å². The van der Waals surface area contributed by atoms with E-state index in [0.29, 0.717) is 5.56 Å². The smallest absolute Gasteiger partial charge is 0.274 e. The van der Waals surface area contributed by atoms with Crippen molar-refractivity contribution >= 4 is 22.8 Å². The Balaban J connectivity index is 1.68. The number of rotatable bonds is 6. The van der Waals surface area contributed by atoms with Crippen molar-refractivity contribution in [3.63, 3.8) is 0 Å². The topological polar surface area (TPSA) is 72.8 Å². The minimum atomic E-state index is -0.641. The van der Waals surface area contributed by atoms with Gasteiger partial charge in [0.25, 0.3) is 5.91 Å². The molecule has 0 radical (unpaired) electrons. The van der Waals surface area contributed by atoms with E-state index in [4.69, 9.17) is 5.21 Å². The van der Waals surface area contributed by atoms with Crippen molar-refractivity contribution in [1.29, 1.82) is 0 Å². The van der Waals surface area contributed by atoms with Crippen molar-refractivity contribution in [1.82, 2.24) is 10.4 Å². The molecule has 0 aliphatic carbocycles. The van der Waals surface area contributed by atoms with Crippen LogP contribution in [-0.4, -0.2) is 34.2 Å². The number of hydroxylamine groups is 1. The third-order valence-electron chi connectivity index (χ3n) is 6.14. The Kier molecular flexibility index (Phi) is 6.35. The van der Waals surface area contributed by atoms with Gasteiger partial charge in [0, 0.05) is 30.3 Å². The summed E-state index contributed by atoms with van der Waals surface area (Å²) < 4.78 is 0. The van der Waals surface area contributed by atoms with E-state index in [9.17, 15) is 9.90 Å². The highest BCUT2D eigenvalue weighted by Crippen LogP contribution is 2.35. The van der Waals surface area contributed by atoms with Gasteiger partial charge in [-0.1, -0.05) is 61.5 Å². The molecule has 160 valence electrons. The maximum Gasteiger partial charge on any atom is 0.274 e. The molecule has 1 saturated heterocycles. The summed E-state index contributed by atoms with van der Waals surface area (Å²) >= 11 is 0. The highest BCUT2D eigenvalue weighted by Gasteiger charge is 2.27. The first-order chi connectivity index (χ1) is 15.1. The Morgan fingerprint density at radius 3 is 2.39 bits per heavy atom. The quantitative estimate of drug-likeness (QED) is 0.400. The second kappa shape index (κ2) is 9.33. The molecule has 1 aliphatic rings. The molecule has 0 aromatic heterocycles. The number of carbonyl (C=O) groups is 1. The second-order valence-electron chi connectivity index (χ2n) is 8.13. The van der Waals surface area contributed by atoms with Crippen LogP contribution in [0.1, 0.15) is 47.4 Å². The molecule has 4 rings (SSSR count). The van der Waals surface area contributed by atoms with Crippen LogP contribution < -0.4 is 5.48 Å². The van der Waals surface area contributed by atoms with E-state index in [2.05, 4.69) is 36.1 Å². The zero-order chi connectivity index (χ0) is 21.8. The molecular formula is C26H28N2O3. The fourth-order valence-electron chi connectivity index (χ4n) is 4.39. The molecule has 2 atom stereocenters. The Labute approximate surface area is 182 Å². The Bertz CT molecular complexity index is 1080. The lowest BCUT2D eigenvalue weighted by molar-refractivity contribution is 0.0706. The van der Waals surface area contributed by atoms with E-state index >= 15 is 0 Å². The average Bonchev–Trinajstić information content (AvgIpc) is 3.36. The third-order valence-corrected chi connectivity index (χ3v) is 6.14. The molecule has 31 heavy (non-hydrogen) atoms. The van der Waals surface area contributed by atoms with Crippen LogP contribution in [0.2, 0.25) is 0 Å². The number of hydrogen-bond donors (Lipinski definition) is 3. The van der Waals surface area contributed by atoms with Crippen molar-refractivity contribution in [3.05, 3.63) is 89.1 Å². The summed E-state index contributed by atoms with van der Waals surface area (Å²) in [6, 6.07) is 21.3. The molecule has 3 aromatic rings. The summed E-state index contributed by atoms with van der Waals surface area (Å²) in [4.78, 5) is 14.0. The molecule has 5 nitrogen and oxygen atoms in total. The number of hydrogen-bond acceptors (Lipinski definition) is 4. The summed E-state index contributed by atoms with van der Waals surface area (Å²) in [6.07, 6.45) is 3.75. The molecule has 1 aliphatic heterocycles. The van der Waals surface area contributed by atoms with Gasteiger partial charge in [-0.05, 0) is 52.9 Å². The Hall–Kier alpha value is -3.15. The molecule has 1 heterocycles. The maximum atomic E-state index is 11.6. The van der Waals surface area contributed by atoms with Gasteiger partial charge < -0.3 is 10.0 Å². The fourth-order valence-corrected chi connectivity index (χ4v) is 4.39. The number of fused-ring (bicyclic) bond motifs is 1. The second-order valence-corrected chi connectivity index (χ2v) is 8.13. The minimum absolute atomic E-state index is 0.107. The van der Waals surface area contributed by atoms with Gasteiger partial charge in [0.05, 0.1) is 6.10 Å². The number of aliphatic hydroxyl groups is 1. The number of nitrogens with one attached hydrogen (secondary N) is 1. The summed E-state index contributed by atoms with van der Waals surface area (Å²) in [6.45, 7) is 4.02. The molecule has 1 amide bonds. The Morgan fingerprint density at radius 1 is 1.00 bits per heavy atom. The van der Waals surface area contributed by atoms with E-state index in [0.717, 1.165) is 53.5 Å². The molecule has 3 aromatic carbocycles. The molecule has 3 N–H and O–H groups in total. The first-order valence-electron chi connectivity index (χ1n) is 10.8. The maximum absolute atomic E-state index is 11.6. The number of aliphatic hydroxyl groups excluding tert-OH is 1. The zero-order valence-corrected chi connectivity index (χ0v) is 17.7. The number of nitrogens with zero attached hydrogens (tertiary/aromatic N) is 1. The van der Waals surface area contributed by atoms with Gasteiger partial charge in [-0.3, -0.25) is 10.0 Å². The lowest BCUT2D eigenvalue weighted by Crippen LogP contribution is -2.26. The van der Waals surface area contributed by atoms with Gasteiger partial charge >= 0.3 is 0 Å². The van der Waals surface area contributed by atoms with Gasteiger partial charge in [-0.25, -0.2) is 5.48 Å². The predicted molar refractivity (Wildman–Crippen MR) is 123 cm³/mol. The van der Waals surface area contributed by atoms with Crippen LogP contribution >= 0.6 is 0 Å². The van der Waals surface area contributed by atoms with Crippen LogP contribution in [-0.2, 0) is 0 Å². The number of carbonyl (C=O) groups excluding carboxylic acids is 1. The van der Waals surface area contributed by atoms with E-state index in [-0.39, 0.29) is 5.92 Å². The van der Waals surface area contributed by atoms with Crippen molar-refractivity contribution in [2.45, 2.75) is 25.9 Å². The predicted octanol–water partition coefficient (Wildman–Crippen LogP) is 4.77. The van der Waals surface area contributed by atoms with Crippen LogP contribution in [0.15, 0.2) is 72.4 Å². The highest BCUT2D eigenvalue weighted by atomic mass is 16.5. The number of benzene rings is 3. The van der Waals surface area contributed by atoms with Gasteiger partial charge in [0.2, 0.25) is 0 Å². The fraction of sp³-hybridized carbons (Fsp3) is 0.269. The molecule has 0 bridgehead atoms. The molecule has 1 fully saturated rings. The van der Waals surface area contributed by atoms with Crippen LogP contribution in [0.5, 0.6) is 0 Å². The van der Waals surface area contributed by atoms with Crippen LogP contribution in [0.25, 0.3) is 16.8 Å². The van der Waals surface area contributed by atoms with Gasteiger partial charge in [-0.2, -0.15) is 0 Å². The first kappa shape index (κ1) is 21.1. The van der Waals surface area contributed by atoms with E-state index in [1.165, 1.54) is 0 Å². The molecular weight excluding hydrogens is 388 g/mol. The Morgan fingerprint density at radius 2 is 1.68 bits per heavy atom. The monoisotopic (exact) mass is 416 g/mol. The minimum Gasteiger partial charge on any atom is -0.388 e. The van der Waals surface area contributed by atoms with Gasteiger partial charge in [0.1, 0.15) is 0 Å². The SMILES string of the molecule is CC(C(=Cc1ccc(C(=O)NO)cc1)N1CCCC1)C(O)c1cccc2ccccc12. The average molecular weight is 417 g/mol. The largest absolute Gasteiger partial charge is 0.388 e. The standard InChI is InChI=1S/C26H28N2O3/c1-18(25(29)23-10-6-8-20-7-2-3-9-22(20)23)24(28-15-4-5-16-28)17-19-11-13-21(14-12-19)26(30)27-31/h2-3,6-14,17-18,25,29,31H,4-5,15-16H2,1H3,(H,27,30). The zero-order valence-electron chi connectivity index (χ0n) is 17.7. The summed E-state index contributed by atoms with van der Waals surface area (Å²) in [7, 11) is 0. The van der Waals surface area contributed by atoms with E-state index < -0.39 is 12.0 Å². The molecule has 0 spiro atoms. The van der Waals surface area contributed by atoms with Crippen molar-refractivity contribution in [2.24, 2.45) is 5.92 Å². The molecule has 0 saturated carbocycles. The van der Waals surface area contributed by atoms with Crippen molar-refractivity contribution in [3.8, 4) is 0 Å². The van der Waals surface area contributed by atoms with Crippen LogP contribution in [0.4, 0.5) is 0 Å². The number of likely N-dealkylation sites (tertiary alicyclic amines) is 1. The number of amides is 1. The molecule has 2 unspecified atom stereocenters. The van der Waals surface area contributed by atoms with Crippen LogP contribution in [0, 0.1) is 5.92 Å². The summed E-state index contributed by atoms with van der Waals surface area (Å²) in [5.41, 5.74) is 5.03. The van der Waals surface area contributed by atoms with Gasteiger partial charge in [-0.15, -0.1) is 0 Å².